The van der Waals surface area contributed by atoms with Crippen molar-refractivity contribution in [1.29, 1.82) is 5.26 Å². The number of nitro benzene ring substituents is 1. The summed E-state index contributed by atoms with van der Waals surface area (Å²) < 4.78 is 0. The Morgan fingerprint density at radius 3 is 2.75 bits per heavy atom. The van der Waals surface area contributed by atoms with Crippen LogP contribution in [0, 0.1) is 21.4 Å². The number of nitriles is 1. The maximum atomic E-state index is 10.7. The summed E-state index contributed by atoms with van der Waals surface area (Å²) in [6, 6.07) is 6.96. The summed E-state index contributed by atoms with van der Waals surface area (Å²) in [5, 5.41) is 29.1. The first-order valence-corrected chi connectivity index (χ1v) is 4.30. The topological polar surface area (TPSA) is 100 Å². The van der Waals surface area contributed by atoms with E-state index in [4.69, 9.17) is 5.26 Å². The smallest absolute Gasteiger partial charge is 0.279 e. The zero-order valence-corrected chi connectivity index (χ0v) is 7.91. The molecule has 1 heterocycles. The lowest BCUT2D eigenvalue weighted by Gasteiger charge is -2.01. The van der Waals surface area contributed by atoms with Gasteiger partial charge < -0.3 is 5.11 Å². The molecule has 1 aromatic heterocycles. The van der Waals surface area contributed by atoms with Crippen LogP contribution in [0.15, 0.2) is 24.3 Å². The molecule has 16 heavy (non-hydrogen) atoms. The van der Waals surface area contributed by atoms with Gasteiger partial charge in [-0.05, 0) is 18.2 Å². The van der Waals surface area contributed by atoms with Crippen LogP contribution in [0.1, 0.15) is 5.69 Å². The van der Waals surface area contributed by atoms with Gasteiger partial charge in [-0.25, -0.2) is 4.98 Å². The second-order valence-corrected chi connectivity index (χ2v) is 3.07. The molecule has 6 nitrogen and oxygen atoms in total. The molecule has 0 aliphatic carbocycles. The van der Waals surface area contributed by atoms with Gasteiger partial charge in [0.1, 0.15) is 23.0 Å². The van der Waals surface area contributed by atoms with E-state index in [0.717, 1.165) is 0 Å². The molecule has 0 unspecified atom stereocenters. The van der Waals surface area contributed by atoms with E-state index in [1.54, 1.807) is 6.07 Å². The molecule has 2 aromatic rings. The van der Waals surface area contributed by atoms with Crippen molar-refractivity contribution in [2.24, 2.45) is 0 Å². The third kappa shape index (κ3) is 1.40. The summed E-state index contributed by atoms with van der Waals surface area (Å²) in [5.74, 6) is -0.183. The molecule has 0 radical (unpaired) electrons. The molecule has 2 rings (SSSR count). The number of pyridine rings is 1. The summed E-state index contributed by atoms with van der Waals surface area (Å²) in [6.45, 7) is 0. The van der Waals surface area contributed by atoms with Crippen molar-refractivity contribution < 1.29 is 10.0 Å². The first kappa shape index (κ1) is 9.86. The van der Waals surface area contributed by atoms with Crippen LogP contribution in [-0.4, -0.2) is 15.0 Å². The van der Waals surface area contributed by atoms with Crippen molar-refractivity contribution >= 4 is 16.6 Å². The molecule has 0 spiro atoms. The van der Waals surface area contributed by atoms with Gasteiger partial charge in [0.25, 0.3) is 5.69 Å². The quantitative estimate of drug-likeness (QED) is 0.576. The molecule has 0 fully saturated rings. The van der Waals surface area contributed by atoms with E-state index in [-0.39, 0.29) is 28.0 Å². The molecule has 78 valence electrons. The molecule has 0 saturated carbocycles. The van der Waals surface area contributed by atoms with E-state index in [2.05, 4.69) is 4.98 Å². The van der Waals surface area contributed by atoms with E-state index in [1.807, 2.05) is 0 Å². The summed E-state index contributed by atoms with van der Waals surface area (Å²) in [4.78, 5) is 14.0. The number of aromatic nitrogens is 1. The highest BCUT2D eigenvalue weighted by atomic mass is 16.6. The minimum absolute atomic E-state index is 0.0632. The SMILES string of the molecule is N#Cc1ccc2c([N+](=O)[O-])ccc(O)c2n1. The van der Waals surface area contributed by atoms with Gasteiger partial charge >= 0.3 is 0 Å². The normalized spacial score (nSPS) is 9.94. The fourth-order valence-electron chi connectivity index (χ4n) is 1.41. The summed E-state index contributed by atoms with van der Waals surface area (Å²) in [6.07, 6.45) is 0. The molecular formula is C10H5N3O3. The summed E-state index contributed by atoms with van der Waals surface area (Å²) in [5.41, 5.74) is 0.0151. The van der Waals surface area contributed by atoms with Crippen LogP contribution in [0.25, 0.3) is 10.9 Å². The van der Waals surface area contributed by atoms with Gasteiger partial charge in [0.05, 0.1) is 10.3 Å². The number of benzene rings is 1. The second-order valence-electron chi connectivity index (χ2n) is 3.07. The molecule has 0 amide bonds. The molecule has 0 aliphatic rings. The Balaban J connectivity index is 2.87. The van der Waals surface area contributed by atoms with Gasteiger partial charge in [-0.1, -0.05) is 0 Å². The van der Waals surface area contributed by atoms with Crippen molar-refractivity contribution in [3.63, 3.8) is 0 Å². The maximum Gasteiger partial charge on any atom is 0.279 e. The van der Waals surface area contributed by atoms with Crippen LogP contribution in [0.5, 0.6) is 5.75 Å². The Hall–Kier alpha value is -2.68. The van der Waals surface area contributed by atoms with Crippen LogP contribution in [-0.2, 0) is 0 Å². The van der Waals surface area contributed by atoms with Crippen LogP contribution in [0.4, 0.5) is 5.69 Å². The van der Waals surface area contributed by atoms with Crippen molar-refractivity contribution in [1.82, 2.24) is 4.98 Å². The van der Waals surface area contributed by atoms with Gasteiger partial charge in [0.15, 0.2) is 0 Å². The lowest BCUT2D eigenvalue weighted by Crippen LogP contribution is -1.92. The Morgan fingerprint density at radius 2 is 2.12 bits per heavy atom. The summed E-state index contributed by atoms with van der Waals surface area (Å²) in [7, 11) is 0. The molecule has 1 aromatic carbocycles. The highest BCUT2D eigenvalue weighted by molar-refractivity contribution is 5.92. The second kappa shape index (κ2) is 3.47. The van der Waals surface area contributed by atoms with Crippen LogP contribution >= 0.6 is 0 Å². The van der Waals surface area contributed by atoms with Crippen molar-refractivity contribution in [3.05, 3.63) is 40.1 Å². The lowest BCUT2D eigenvalue weighted by atomic mass is 10.1. The Morgan fingerprint density at radius 1 is 1.38 bits per heavy atom. The molecule has 0 aliphatic heterocycles. The number of phenols is 1. The predicted molar refractivity (Wildman–Crippen MR) is 54.8 cm³/mol. The van der Waals surface area contributed by atoms with E-state index in [9.17, 15) is 15.2 Å². The van der Waals surface area contributed by atoms with Crippen molar-refractivity contribution in [2.75, 3.05) is 0 Å². The van der Waals surface area contributed by atoms with Crippen LogP contribution in [0.2, 0.25) is 0 Å². The van der Waals surface area contributed by atoms with E-state index >= 15 is 0 Å². The first-order chi connectivity index (χ1) is 7.63. The van der Waals surface area contributed by atoms with Crippen LogP contribution < -0.4 is 0 Å². The standard InChI is InChI=1S/C10H5N3O3/c11-5-6-1-2-7-8(13(15)16)3-4-9(14)10(7)12-6/h1-4,14H. The fraction of sp³-hybridized carbons (Fsp3) is 0. The number of hydrogen-bond acceptors (Lipinski definition) is 5. The molecule has 6 heteroatoms. The van der Waals surface area contributed by atoms with Crippen molar-refractivity contribution in [3.8, 4) is 11.8 Å². The molecule has 0 atom stereocenters. The lowest BCUT2D eigenvalue weighted by molar-refractivity contribution is -0.383. The van der Waals surface area contributed by atoms with Gasteiger partial charge in [-0.3, -0.25) is 10.1 Å². The Labute approximate surface area is 89.5 Å². The highest BCUT2D eigenvalue weighted by Crippen LogP contribution is 2.30. The third-order valence-corrected chi connectivity index (χ3v) is 2.12. The van der Waals surface area contributed by atoms with Gasteiger partial charge in [0.2, 0.25) is 0 Å². The predicted octanol–water partition coefficient (Wildman–Crippen LogP) is 1.72. The third-order valence-electron chi connectivity index (χ3n) is 2.12. The Bertz CT molecular complexity index is 631. The molecule has 0 saturated heterocycles. The highest BCUT2D eigenvalue weighted by Gasteiger charge is 2.15. The maximum absolute atomic E-state index is 10.7. The number of nitrogens with zero attached hydrogens (tertiary/aromatic N) is 3. The number of hydrogen-bond donors (Lipinski definition) is 1. The fourth-order valence-corrected chi connectivity index (χ4v) is 1.41. The molecular weight excluding hydrogens is 210 g/mol. The van der Waals surface area contributed by atoms with Gasteiger partial charge in [-0.15, -0.1) is 0 Å². The Kier molecular flexibility index (Phi) is 2.14. The van der Waals surface area contributed by atoms with Gasteiger partial charge in [0, 0.05) is 6.07 Å². The molecule has 1 N–H and O–H groups in total. The van der Waals surface area contributed by atoms with Crippen LogP contribution in [0.3, 0.4) is 0 Å². The minimum atomic E-state index is -0.560. The van der Waals surface area contributed by atoms with Gasteiger partial charge in [-0.2, -0.15) is 5.26 Å². The van der Waals surface area contributed by atoms with E-state index in [0.29, 0.717) is 0 Å². The number of rotatable bonds is 1. The average Bonchev–Trinajstić information content (AvgIpc) is 2.29. The number of aromatic hydroxyl groups is 1. The zero-order chi connectivity index (χ0) is 11.7. The van der Waals surface area contributed by atoms with E-state index in [1.165, 1.54) is 24.3 Å². The summed E-state index contributed by atoms with van der Waals surface area (Å²) >= 11 is 0. The minimum Gasteiger partial charge on any atom is -0.506 e. The monoisotopic (exact) mass is 215 g/mol. The number of nitro groups is 1. The zero-order valence-electron chi connectivity index (χ0n) is 7.91. The largest absolute Gasteiger partial charge is 0.506 e. The number of fused-ring (bicyclic) bond motifs is 1. The average molecular weight is 215 g/mol. The number of phenolic OH excluding ortho intramolecular Hbond substituents is 1. The molecule has 0 bridgehead atoms. The number of non-ortho nitro benzene ring substituents is 1. The van der Waals surface area contributed by atoms with E-state index < -0.39 is 4.92 Å². The first-order valence-electron chi connectivity index (χ1n) is 4.30. The van der Waals surface area contributed by atoms with Crippen molar-refractivity contribution in [2.45, 2.75) is 0 Å².